The van der Waals surface area contributed by atoms with E-state index in [0.717, 1.165) is 12.1 Å². The number of aromatic nitrogens is 1. The molecule has 2 N–H and O–H groups in total. The van der Waals surface area contributed by atoms with E-state index < -0.39 is 17.6 Å². The van der Waals surface area contributed by atoms with Crippen molar-refractivity contribution in [3.8, 4) is 0 Å². The number of hydrogen-bond donors (Lipinski definition) is 1. The van der Waals surface area contributed by atoms with Crippen molar-refractivity contribution in [1.29, 1.82) is 0 Å². The number of pyridine rings is 1. The molecule has 2 aromatic rings. The van der Waals surface area contributed by atoms with E-state index in [4.69, 9.17) is 5.73 Å². The van der Waals surface area contributed by atoms with Crippen molar-refractivity contribution in [3.63, 3.8) is 0 Å². The molecule has 1 aromatic heterocycles. The molecule has 0 radical (unpaired) electrons. The highest BCUT2D eigenvalue weighted by atomic mass is 19.4. The van der Waals surface area contributed by atoms with Crippen molar-refractivity contribution < 1.29 is 18.0 Å². The van der Waals surface area contributed by atoms with Crippen LogP contribution in [0.3, 0.4) is 0 Å². The third-order valence-electron chi connectivity index (χ3n) is 2.53. The van der Waals surface area contributed by atoms with Crippen LogP contribution in [0.5, 0.6) is 0 Å². The summed E-state index contributed by atoms with van der Waals surface area (Å²) in [5.41, 5.74) is 5.10. The van der Waals surface area contributed by atoms with Crippen LogP contribution in [0.4, 0.5) is 13.2 Å². The van der Waals surface area contributed by atoms with Crippen LogP contribution < -0.4 is 5.73 Å². The summed E-state index contributed by atoms with van der Waals surface area (Å²) in [5, 5.41) is 0.320. The second-order valence-electron chi connectivity index (χ2n) is 3.91. The van der Waals surface area contributed by atoms with Crippen LogP contribution >= 0.6 is 0 Å². The van der Waals surface area contributed by atoms with E-state index in [1.54, 1.807) is 6.92 Å². The van der Waals surface area contributed by atoms with E-state index in [2.05, 4.69) is 4.98 Å². The van der Waals surface area contributed by atoms with Crippen LogP contribution in [0.25, 0.3) is 10.9 Å². The number of amides is 1. The number of hydrogen-bond acceptors (Lipinski definition) is 2. The smallest absolute Gasteiger partial charge is 0.366 e. The van der Waals surface area contributed by atoms with Gasteiger partial charge in [-0.15, -0.1) is 0 Å². The van der Waals surface area contributed by atoms with E-state index in [1.165, 1.54) is 12.1 Å². The molecule has 1 amide bonds. The predicted molar refractivity (Wildman–Crippen MR) is 60.0 cm³/mol. The van der Waals surface area contributed by atoms with E-state index in [1.807, 2.05) is 0 Å². The summed E-state index contributed by atoms with van der Waals surface area (Å²) in [6, 6.07) is 4.49. The molecule has 0 saturated carbocycles. The minimum Gasteiger partial charge on any atom is -0.366 e. The average molecular weight is 254 g/mol. The average Bonchev–Trinajstić information content (AvgIpc) is 2.25. The zero-order chi connectivity index (χ0) is 13.5. The zero-order valence-corrected chi connectivity index (χ0v) is 9.38. The lowest BCUT2D eigenvalue weighted by Gasteiger charge is -2.09. The predicted octanol–water partition coefficient (Wildman–Crippen LogP) is 2.66. The molecule has 3 nitrogen and oxygen atoms in total. The van der Waals surface area contributed by atoms with Gasteiger partial charge in [-0.3, -0.25) is 9.78 Å². The lowest BCUT2D eigenvalue weighted by Crippen LogP contribution is -2.13. The summed E-state index contributed by atoms with van der Waals surface area (Å²) in [6.45, 7) is 1.59. The standard InChI is InChI=1S/C12H9F3N2O/c1-6-4-9(11(16)18)8-3-2-7(12(13,14)15)5-10(8)17-6/h2-5H,1H3,(H2,16,18). The second-order valence-corrected chi connectivity index (χ2v) is 3.91. The first-order chi connectivity index (χ1) is 8.29. The number of rotatable bonds is 1. The third-order valence-corrected chi connectivity index (χ3v) is 2.53. The van der Waals surface area contributed by atoms with Crippen LogP contribution in [0.15, 0.2) is 24.3 Å². The van der Waals surface area contributed by atoms with Crippen LogP contribution in [-0.4, -0.2) is 10.9 Å². The summed E-state index contributed by atoms with van der Waals surface area (Å²) in [4.78, 5) is 15.2. The molecule has 18 heavy (non-hydrogen) atoms. The molecule has 2 rings (SSSR count). The number of benzene rings is 1. The number of carbonyl (C=O) groups is 1. The Balaban J connectivity index is 2.76. The largest absolute Gasteiger partial charge is 0.416 e. The minimum atomic E-state index is -4.44. The maximum absolute atomic E-state index is 12.6. The first-order valence-corrected chi connectivity index (χ1v) is 5.07. The van der Waals surface area contributed by atoms with Crippen molar-refractivity contribution in [3.05, 3.63) is 41.1 Å². The number of primary amides is 1. The van der Waals surface area contributed by atoms with Crippen LogP contribution in [-0.2, 0) is 6.18 Å². The van der Waals surface area contributed by atoms with Gasteiger partial charge in [0, 0.05) is 11.1 Å². The summed E-state index contributed by atoms with van der Waals surface area (Å²) < 4.78 is 37.7. The number of alkyl halides is 3. The molecule has 6 heteroatoms. The highest BCUT2D eigenvalue weighted by Gasteiger charge is 2.30. The molecule has 0 spiro atoms. The molecule has 0 fully saturated rings. The van der Waals surface area contributed by atoms with Crippen molar-refractivity contribution in [2.75, 3.05) is 0 Å². The quantitative estimate of drug-likeness (QED) is 0.850. The molecule has 0 unspecified atom stereocenters. The molecule has 0 bridgehead atoms. The Bertz CT molecular complexity index is 635. The Morgan fingerprint density at radius 1 is 1.28 bits per heavy atom. The molecule has 0 aliphatic heterocycles. The normalized spacial score (nSPS) is 11.8. The fourth-order valence-electron chi connectivity index (χ4n) is 1.74. The Kier molecular flexibility index (Phi) is 2.73. The van der Waals surface area contributed by atoms with Gasteiger partial charge in [0.25, 0.3) is 0 Å². The van der Waals surface area contributed by atoms with Crippen LogP contribution in [0.2, 0.25) is 0 Å². The lowest BCUT2D eigenvalue weighted by molar-refractivity contribution is -0.137. The first kappa shape index (κ1) is 12.3. The van der Waals surface area contributed by atoms with Crippen molar-refractivity contribution >= 4 is 16.8 Å². The SMILES string of the molecule is Cc1cc(C(N)=O)c2ccc(C(F)(F)F)cc2n1. The molecule has 1 aromatic carbocycles. The molecule has 0 saturated heterocycles. The fourth-order valence-corrected chi connectivity index (χ4v) is 1.74. The van der Waals surface area contributed by atoms with Crippen molar-refractivity contribution in [2.45, 2.75) is 13.1 Å². The minimum absolute atomic E-state index is 0.110. The lowest BCUT2D eigenvalue weighted by atomic mass is 10.0. The van der Waals surface area contributed by atoms with Crippen molar-refractivity contribution in [1.82, 2.24) is 4.98 Å². The van der Waals surface area contributed by atoms with Gasteiger partial charge in [0.05, 0.1) is 16.6 Å². The number of halogens is 3. The number of fused-ring (bicyclic) bond motifs is 1. The topological polar surface area (TPSA) is 56.0 Å². The fraction of sp³-hybridized carbons (Fsp3) is 0.167. The Hall–Kier alpha value is -2.11. The molecule has 0 aliphatic rings. The van der Waals surface area contributed by atoms with Gasteiger partial charge in [0.1, 0.15) is 0 Å². The van der Waals surface area contributed by atoms with Gasteiger partial charge >= 0.3 is 6.18 Å². The third kappa shape index (κ3) is 2.13. The zero-order valence-electron chi connectivity index (χ0n) is 9.38. The van der Waals surface area contributed by atoms with E-state index >= 15 is 0 Å². The van der Waals surface area contributed by atoms with Crippen LogP contribution in [0, 0.1) is 6.92 Å². The molecule has 1 heterocycles. The monoisotopic (exact) mass is 254 g/mol. The van der Waals surface area contributed by atoms with Gasteiger partial charge in [-0.2, -0.15) is 13.2 Å². The maximum Gasteiger partial charge on any atom is 0.416 e. The van der Waals surface area contributed by atoms with E-state index in [0.29, 0.717) is 11.1 Å². The summed E-state index contributed by atoms with van der Waals surface area (Å²) in [6.07, 6.45) is -4.44. The van der Waals surface area contributed by atoms with Gasteiger partial charge in [0.2, 0.25) is 5.91 Å². The summed E-state index contributed by atoms with van der Waals surface area (Å²) in [5.74, 6) is -0.690. The number of nitrogens with two attached hydrogens (primary N) is 1. The van der Waals surface area contributed by atoms with Crippen LogP contribution in [0.1, 0.15) is 21.6 Å². The molecular weight excluding hydrogens is 245 g/mol. The summed E-state index contributed by atoms with van der Waals surface area (Å²) >= 11 is 0. The Morgan fingerprint density at radius 3 is 2.50 bits per heavy atom. The highest BCUT2D eigenvalue weighted by molar-refractivity contribution is 6.05. The number of nitrogens with zero attached hydrogens (tertiary/aromatic N) is 1. The number of carbonyl (C=O) groups excluding carboxylic acids is 1. The van der Waals surface area contributed by atoms with Gasteiger partial charge < -0.3 is 5.73 Å². The second kappa shape index (κ2) is 3.97. The van der Waals surface area contributed by atoms with Gasteiger partial charge in [0.15, 0.2) is 0 Å². The van der Waals surface area contributed by atoms with Gasteiger partial charge in [-0.1, -0.05) is 6.07 Å². The maximum atomic E-state index is 12.6. The Labute approximate surface area is 100 Å². The van der Waals surface area contributed by atoms with E-state index in [-0.39, 0.29) is 11.1 Å². The molecule has 94 valence electrons. The van der Waals surface area contributed by atoms with Gasteiger partial charge in [-0.25, -0.2) is 0 Å². The number of aryl methyl sites for hydroxylation is 1. The Morgan fingerprint density at radius 2 is 1.94 bits per heavy atom. The van der Waals surface area contributed by atoms with Gasteiger partial charge in [-0.05, 0) is 25.1 Å². The van der Waals surface area contributed by atoms with E-state index in [9.17, 15) is 18.0 Å². The summed E-state index contributed by atoms with van der Waals surface area (Å²) in [7, 11) is 0. The molecular formula is C12H9F3N2O. The first-order valence-electron chi connectivity index (χ1n) is 5.07. The molecule has 0 aliphatic carbocycles. The molecule has 0 atom stereocenters. The van der Waals surface area contributed by atoms with Crippen molar-refractivity contribution in [2.24, 2.45) is 5.73 Å². The highest BCUT2D eigenvalue weighted by Crippen LogP contribution is 2.31.